The van der Waals surface area contributed by atoms with Crippen LogP contribution in [0.25, 0.3) is 0 Å². The molecule has 1 fully saturated rings. The molecule has 0 atom stereocenters. The molecule has 1 aliphatic heterocycles. The van der Waals surface area contributed by atoms with Crippen molar-refractivity contribution in [1.29, 1.82) is 0 Å². The Balaban J connectivity index is 1.28. The van der Waals surface area contributed by atoms with E-state index in [4.69, 9.17) is 9.47 Å². The highest BCUT2D eigenvalue weighted by Gasteiger charge is 2.21. The van der Waals surface area contributed by atoms with Crippen molar-refractivity contribution in [2.45, 2.75) is 25.5 Å². The first kappa shape index (κ1) is 20.2. The Bertz CT molecular complexity index is 952. The molecule has 4 rings (SSSR count). The summed E-state index contributed by atoms with van der Waals surface area (Å²) in [6.07, 6.45) is 1.83. The number of thiazole rings is 1. The number of rotatable bonds is 7. The van der Waals surface area contributed by atoms with Crippen LogP contribution in [-0.4, -0.2) is 37.1 Å². The standard InChI is InChI=1S/C23H25N3O3S/c1-28-21-7-5-20(6-8-21)26-11-9-18(10-12-26)25-23(27)17-3-2-4-22(13-17)29-14-19-15-30-16-24-19/h2-8,13,15-16,18H,9-12,14H2,1H3,(H,25,27). The van der Waals surface area contributed by atoms with Gasteiger partial charge < -0.3 is 19.7 Å². The van der Waals surface area contributed by atoms with Gasteiger partial charge in [-0.2, -0.15) is 0 Å². The molecule has 0 saturated carbocycles. The second-order valence-corrected chi connectivity index (χ2v) is 7.95. The molecular weight excluding hydrogens is 398 g/mol. The van der Waals surface area contributed by atoms with Crippen molar-refractivity contribution < 1.29 is 14.3 Å². The third-order valence-corrected chi connectivity index (χ3v) is 5.87. The minimum atomic E-state index is -0.0583. The number of hydrogen-bond donors (Lipinski definition) is 1. The first-order chi connectivity index (χ1) is 14.7. The zero-order valence-corrected chi connectivity index (χ0v) is 17.7. The maximum atomic E-state index is 12.7. The highest BCUT2D eigenvalue weighted by molar-refractivity contribution is 7.07. The molecule has 3 aromatic rings. The van der Waals surface area contributed by atoms with E-state index in [1.807, 2.05) is 35.7 Å². The Morgan fingerprint density at radius 1 is 1.17 bits per heavy atom. The molecule has 0 unspecified atom stereocenters. The largest absolute Gasteiger partial charge is 0.497 e. The SMILES string of the molecule is COc1ccc(N2CCC(NC(=O)c3cccc(OCc4cscn4)c3)CC2)cc1. The molecule has 2 aromatic carbocycles. The van der Waals surface area contributed by atoms with Gasteiger partial charge in [0.1, 0.15) is 18.1 Å². The number of nitrogens with one attached hydrogen (secondary N) is 1. The smallest absolute Gasteiger partial charge is 0.251 e. The molecule has 2 heterocycles. The first-order valence-electron chi connectivity index (χ1n) is 10.0. The molecule has 6 nitrogen and oxygen atoms in total. The monoisotopic (exact) mass is 423 g/mol. The Labute approximate surface area is 180 Å². The number of ether oxygens (including phenoxy) is 2. The number of carbonyl (C=O) groups excluding carboxylic acids is 1. The van der Waals surface area contributed by atoms with Crippen molar-refractivity contribution in [3.8, 4) is 11.5 Å². The lowest BCUT2D eigenvalue weighted by Gasteiger charge is -2.34. The van der Waals surface area contributed by atoms with Crippen molar-refractivity contribution in [1.82, 2.24) is 10.3 Å². The molecule has 0 spiro atoms. The van der Waals surface area contributed by atoms with E-state index in [1.54, 1.807) is 18.7 Å². The summed E-state index contributed by atoms with van der Waals surface area (Å²) >= 11 is 1.54. The van der Waals surface area contributed by atoms with Gasteiger partial charge in [-0.05, 0) is 55.3 Å². The van der Waals surface area contributed by atoms with Crippen LogP contribution >= 0.6 is 11.3 Å². The van der Waals surface area contributed by atoms with Gasteiger partial charge in [0, 0.05) is 35.8 Å². The van der Waals surface area contributed by atoms with E-state index < -0.39 is 0 Å². The van der Waals surface area contributed by atoms with Crippen molar-refractivity contribution in [3.63, 3.8) is 0 Å². The number of anilines is 1. The van der Waals surface area contributed by atoms with Crippen LogP contribution in [0, 0.1) is 0 Å². The Morgan fingerprint density at radius 3 is 2.67 bits per heavy atom. The molecule has 0 radical (unpaired) electrons. The number of nitrogens with zero attached hydrogens (tertiary/aromatic N) is 2. The lowest BCUT2D eigenvalue weighted by molar-refractivity contribution is 0.0930. The average Bonchev–Trinajstić information content (AvgIpc) is 3.32. The van der Waals surface area contributed by atoms with E-state index in [0.29, 0.717) is 17.9 Å². The highest BCUT2D eigenvalue weighted by atomic mass is 32.1. The van der Waals surface area contributed by atoms with E-state index >= 15 is 0 Å². The summed E-state index contributed by atoms with van der Waals surface area (Å²) in [6, 6.07) is 15.6. The maximum absolute atomic E-state index is 12.7. The normalized spacial score (nSPS) is 14.4. The summed E-state index contributed by atoms with van der Waals surface area (Å²) in [5.74, 6) is 1.47. The second-order valence-electron chi connectivity index (χ2n) is 7.23. The van der Waals surface area contributed by atoms with Gasteiger partial charge in [-0.25, -0.2) is 4.98 Å². The molecule has 1 aliphatic rings. The third-order valence-electron chi connectivity index (χ3n) is 5.23. The zero-order valence-electron chi connectivity index (χ0n) is 16.9. The molecule has 0 aliphatic carbocycles. The lowest BCUT2D eigenvalue weighted by atomic mass is 10.0. The molecule has 7 heteroatoms. The second kappa shape index (κ2) is 9.63. The van der Waals surface area contributed by atoms with Crippen LogP contribution in [0.2, 0.25) is 0 Å². The number of benzene rings is 2. The van der Waals surface area contributed by atoms with Gasteiger partial charge in [0.2, 0.25) is 0 Å². The van der Waals surface area contributed by atoms with Gasteiger partial charge in [0.05, 0.1) is 18.3 Å². The fraction of sp³-hybridized carbons (Fsp3) is 0.304. The summed E-state index contributed by atoms with van der Waals surface area (Å²) in [5.41, 5.74) is 4.47. The Kier molecular flexibility index (Phi) is 6.49. The minimum absolute atomic E-state index is 0.0583. The Hall–Kier alpha value is -3.06. The fourth-order valence-electron chi connectivity index (χ4n) is 3.54. The Morgan fingerprint density at radius 2 is 1.97 bits per heavy atom. The fourth-order valence-corrected chi connectivity index (χ4v) is 4.08. The van der Waals surface area contributed by atoms with Crippen molar-refractivity contribution in [3.05, 3.63) is 70.7 Å². The van der Waals surface area contributed by atoms with Crippen LogP contribution in [0.5, 0.6) is 11.5 Å². The molecule has 1 amide bonds. The quantitative estimate of drug-likeness (QED) is 0.619. The summed E-state index contributed by atoms with van der Waals surface area (Å²) < 4.78 is 11.0. The van der Waals surface area contributed by atoms with Crippen LogP contribution in [0.4, 0.5) is 5.69 Å². The maximum Gasteiger partial charge on any atom is 0.251 e. The summed E-state index contributed by atoms with van der Waals surface area (Å²) in [7, 11) is 1.67. The van der Waals surface area contributed by atoms with E-state index in [9.17, 15) is 4.79 Å². The van der Waals surface area contributed by atoms with Gasteiger partial charge in [0.25, 0.3) is 5.91 Å². The molecular formula is C23H25N3O3S. The van der Waals surface area contributed by atoms with E-state index in [1.165, 1.54) is 17.0 Å². The van der Waals surface area contributed by atoms with Crippen molar-refractivity contribution in [2.24, 2.45) is 0 Å². The van der Waals surface area contributed by atoms with Crippen LogP contribution in [0.3, 0.4) is 0 Å². The first-order valence-corrected chi connectivity index (χ1v) is 11.0. The predicted octanol–water partition coefficient (Wildman–Crippen LogP) is 4.13. The minimum Gasteiger partial charge on any atom is -0.497 e. The van der Waals surface area contributed by atoms with E-state index in [0.717, 1.165) is 37.4 Å². The van der Waals surface area contributed by atoms with Crippen LogP contribution in [0.15, 0.2) is 59.4 Å². The number of hydrogen-bond acceptors (Lipinski definition) is 6. The summed E-state index contributed by atoms with van der Waals surface area (Å²) in [4.78, 5) is 19.3. The van der Waals surface area contributed by atoms with Crippen molar-refractivity contribution >= 4 is 22.9 Å². The molecule has 1 aromatic heterocycles. The van der Waals surface area contributed by atoms with E-state index in [2.05, 4.69) is 27.3 Å². The third kappa shape index (κ3) is 5.10. The van der Waals surface area contributed by atoms with Gasteiger partial charge >= 0.3 is 0 Å². The molecule has 1 saturated heterocycles. The molecule has 1 N–H and O–H groups in total. The topological polar surface area (TPSA) is 63.7 Å². The van der Waals surface area contributed by atoms with Crippen LogP contribution in [-0.2, 0) is 6.61 Å². The number of amides is 1. The van der Waals surface area contributed by atoms with Crippen LogP contribution in [0.1, 0.15) is 28.9 Å². The van der Waals surface area contributed by atoms with Gasteiger partial charge in [-0.1, -0.05) is 6.07 Å². The van der Waals surface area contributed by atoms with E-state index in [-0.39, 0.29) is 11.9 Å². The lowest BCUT2D eigenvalue weighted by Crippen LogP contribution is -2.44. The van der Waals surface area contributed by atoms with Gasteiger partial charge in [-0.3, -0.25) is 4.79 Å². The van der Waals surface area contributed by atoms with Gasteiger partial charge in [-0.15, -0.1) is 11.3 Å². The number of methoxy groups -OCH3 is 1. The number of piperidine rings is 1. The number of carbonyl (C=O) groups is 1. The average molecular weight is 424 g/mol. The summed E-state index contributed by atoms with van der Waals surface area (Å²) in [5, 5.41) is 5.12. The number of aromatic nitrogens is 1. The summed E-state index contributed by atoms with van der Waals surface area (Å²) in [6.45, 7) is 2.22. The molecule has 156 valence electrons. The van der Waals surface area contributed by atoms with Crippen molar-refractivity contribution in [2.75, 3.05) is 25.1 Å². The van der Waals surface area contributed by atoms with Crippen LogP contribution < -0.4 is 19.7 Å². The highest BCUT2D eigenvalue weighted by Crippen LogP contribution is 2.23. The molecule has 30 heavy (non-hydrogen) atoms. The van der Waals surface area contributed by atoms with Gasteiger partial charge in [0.15, 0.2) is 0 Å². The molecule has 0 bridgehead atoms. The predicted molar refractivity (Wildman–Crippen MR) is 119 cm³/mol. The zero-order chi connectivity index (χ0) is 20.8.